The fraction of sp³-hybridized carbons (Fsp3) is 0.654. The zero-order chi connectivity index (χ0) is 25.4. The lowest BCUT2D eigenvalue weighted by Gasteiger charge is -2.38. The summed E-state index contributed by atoms with van der Waals surface area (Å²) in [7, 11) is 0. The van der Waals surface area contributed by atoms with Gasteiger partial charge in [-0.25, -0.2) is 0 Å². The number of piperidine rings is 1. The summed E-state index contributed by atoms with van der Waals surface area (Å²) in [6.45, 7) is 0.973. The molecule has 2 N–H and O–H groups in total. The van der Waals surface area contributed by atoms with E-state index in [4.69, 9.17) is 4.74 Å². The van der Waals surface area contributed by atoms with E-state index >= 15 is 0 Å². The van der Waals surface area contributed by atoms with Crippen molar-refractivity contribution in [1.82, 2.24) is 15.5 Å². The van der Waals surface area contributed by atoms with E-state index in [0.717, 1.165) is 24.0 Å². The molecule has 3 amide bonds. The number of carbonyl (C=O) groups excluding carboxylic acids is 3. The van der Waals surface area contributed by atoms with Crippen LogP contribution in [0.3, 0.4) is 0 Å². The minimum Gasteiger partial charge on any atom is -0.376 e. The van der Waals surface area contributed by atoms with Gasteiger partial charge in [-0.3, -0.25) is 19.7 Å². The number of alkyl halides is 3. The summed E-state index contributed by atoms with van der Waals surface area (Å²) >= 11 is 0. The van der Waals surface area contributed by atoms with Crippen LogP contribution in [0, 0.1) is 5.92 Å². The third-order valence-electron chi connectivity index (χ3n) is 8.10. The molecule has 36 heavy (non-hydrogen) atoms. The van der Waals surface area contributed by atoms with Crippen LogP contribution in [0.15, 0.2) is 18.2 Å². The van der Waals surface area contributed by atoms with Crippen LogP contribution in [0.2, 0.25) is 0 Å². The van der Waals surface area contributed by atoms with Crippen LogP contribution >= 0.6 is 0 Å². The number of imide groups is 1. The minimum atomic E-state index is -4.11. The molecule has 1 aliphatic carbocycles. The van der Waals surface area contributed by atoms with Gasteiger partial charge in [-0.05, 0) is 62.1 Å². The molecule has 2 saturated heterocycles. The molecule has 5 rings (SSSR count). The molecule has 1 aromatic rings. The Bertz CT molecular complexity index is 1020. The van der Waals surface area contributed by atoms with E-state index in [1.54, 1.807) is 6.07 Å². The van der Waals surface area contributed by atoms with Gasteiger partial charge >= 0.3 is 6.18 Å². The monoisotopic (exact) mass is 507 g/mol. The maximum atomic E-state index is 13.0. The lowest BCUT2D eigenvalue weighted by Crippen LogP contribution is -2.52. The van der Waals surface area contributed by atoms with E-state index in [-0.39, 0.29) is 49.3 Å². The normalized spacial score (nSPS) is 31.4. The summed E-state index contributed by atoms with van der Waals surface area (Å²) in [6.07, 6.45) is 0.166. The summed E-state index contributed by atoms with van der Waals surface area (Å²) in [4.78, 5) is 38.2. The zero-order valence-electron chi connectivity index (χ0n) is 20.1. The summed E-state index contributed by atoms with van der Waals surface area (Å²) in [5, 5.41) is 5.91. The van der Waals surface area contributed by atoms with Crippen molar-refractivity contribution in [3.63, 3.8) is 0 Å². The van der Waals surface area contributed by atoms with Crippen LogP contribution in [0.25, 0.3) is 0 Å². The Morgan fingerprint density at radius 2 is 1.83 bits per heavy atom. The summed E-state index contributed by atoms with van der Waals surface area (Å²) in [5.41, 5.74) is 2.45. The van der Waals surface area contributed by atoms with Crippen LogP contribution in [0.5, 0.6) is 0 Å². The van der Waals surface area contributed by atoms with Gasteiger partial charge in [0.2, 0.25) is 11.8 Å². The fourth-order valence-electron chi connectivity index (χ4n) is 6.11. The van der Waals surface area contributed by atoms with Gasteiger partial charge in [-0.1, -0.05) is 12.1 Å². The second-order valence-corrected chi connectivity index (χ2v) is 10.5. The number of nitrogens with zero attached hydrogens (tertiary/aromatic N) is 1. The summed E-state index contributed by atoms with van der Waals surface area (Å²) < 4.78 is 45.1. The second-order valence-electron chi connectivity index (χ2n) is 10.5. The maximum absolute atomic E-state index is 13.0. The van der Waals surface area contributed by atoms with Crippen molar-refractivity contribution >= 4 is 17.7 Å². The Kier molecular flexibility index (Phi) is 7.09. The van der Waals surface area contributed by atoms with Gasteiger partial charge in [0.15, 0.2) is 0 Å². The molecule has 0 aromatic heterocycles. The van der Waals surface area contributed by atoms with Crippen molar-refractivity contribution in [2.24, 2.45) is 5.92 Å². The highest BCUT2D eigenvalue weighted by Crippen LogP contribution is 2.38. The standard InChI is InChI=1S/C26H32F3N3O4/c27-26(28,29)17-4-6-18(7-5-17)30-20-2-1-11-36-22(20)13-15-3-8-19-16(12-15)14-32(25(19)35)21-9-10-23(33)31-24(21)34/h3,8,12,17-18,20-22,30H,1-2,4-7,9-11,13-14H2,(H,31,33,34)/t17?,18?,20-,21?,22+/m0/s1. The van der Waals surface area contributed by atoms with Crippen molar-refractivity contribution in [2.45, 2.75) is 94.7 Å². The van der Waals surface area contributed by atoms with Gasteiger partial charge in [-0.2, -0.15) is 13.2 Å². The predicted octanol–water partition coefficient (Wildman–Crippen LogP) is 3.25. The first kappa shape index (κ1) is 25.2. The van der Waals surface area contributed by atoms with Gasteiger partial charge in [-0.15, -0.1) is 0 Å². The summed E-state index contributed by atoms with van der Waals surface area (Å²) in [5.74, 6) is -2.13. The highest BCUT2D eigenvalue weighted by molar-refractivity contribution is 6.05. The van der Waals surface area contributed by atoms with Gasteiger partial charge in [0.1, 0.15) is 6.04 Å². The zero-order valence-corrected chi connectivity index (χ0v) is 20.1. The molecule has 3 aliphatic heterocycles. The summed E-state index contributed by atoms with van der Waals surface area (Å²) in [6, 6.07) is 5.19. The number of nitrogens with one attached hydrogen (secondary N) is 2. The molecular weight excluding hydrogens is 475 g/mol. The molecule has 4 aliphatic rings. The molecule has 0 bridgehead atoms. The Morgan fingerprint density at radius 1 is 1.06 bits per heavy atom. The van der Waals surface area contributed by atoms with Crippen molar-refractivity contribution < 1.29 is 32.3 Å². The smallest absolute Gasteiger partial charge is 0.376 e. The average molecular weight is 508 g/mol. The third kappa shape index (κ3) is 5.29. The molecule has 1 aromatic carbocycles. The Labute approximate surface area is 208 Å². The molecule has 3 fully saturated rings. The molecule has 3 heterocycles. The lowest BCUT2D eigenvalue weighted by molar-refractivity contribution is -0.183. The molecule has 0 radical (unpaired) electrons. The number of hydrogen-bond acceptors (Lipinski definition) is 5. The van der Waals surface area contributed by atoms with Crippen LogP contribution in [-0.4, -0.2) is 59.6 Å². The molecule has 7 nitrogen and oxygen atoms in total. The third-order valence-corrected chi connectivity index (χ3v) is 8.10. The highest BCUT2D eigenvalue weighted by Gasteiger charge is 2.42. The van der Waals surface area contributed by atoms with Gasteiger partial charge in [0.05, 0.1) is 12.0 Å². The van der Waals surface area contributed by atoms with Crippen LogP contribution in [-0.2, 0) is 27.3 Å². The number of ether oxygens (including phenoxy) is 1. The van der Waals surface area contributed by atoms with Gasteiger partial charge in [0, 0.05) is 43.6 Å². The molecule has 10 heteroatoms. The van der Waals surface area contributed by atoms with Crippen molar-refractivity contribution in [1.29, 1.82) is 0 Å². The predicted molar refractivity (Wildman–Crippen MR) is 124 cm³/mol. The minimum absolute atomic E-state index is 0.0671. The van der Waals surface area contributed by atoms with Crippen LogP contribution in [0.1, 0.15) is 72.9 Å². The second kappa shape index (κ2) is 10.1. The SMILES string of the molecule is O=C1CCC(N2Cc3cc(C[C@H]4OCCC[C@@H]4NC4CCC(C(F)(F)F)CC4)ccc3C2=O)C(=O)N1. The van der Waals surface area contributed by atoms with E-state index in [0.29, 0.717) is 44.4 Å². The van der Waals surface area contributed by atoms with Crippen molar-refractivity contribution in [3.8, 4) is 0 Å². The molecule has 0 spiro atoms. The first-order chi connectivity index (χ1) is 17.2. The topological polar surface area (TPSA) is 87.7 Å². The Balaban J connectivity index is 1.21. The first-order valence-corrected chi connectivity index (χ1v) is 12.9. The number of fused-ring (bicyclic) bond motifs is 1. The van der Waals surface area contributed by atoms with Gasteiger partial charge < -0.3 is 15.0 Å². The lowest BCUT2D eigenvalue weighted by atomic mass is 9.84. The number of benzene rings is 1. The van der Waals surface area contributed by atoms with Crippen molar-refractivity contribution in [3.05, 3.63) is 34.9 Å². The molecule has 196 valence electrons. The first-order valence-electron chi connectivity index (χ1n) is 12.9. The number of amides is 3. The fourth-order valence-corrected chi connectivity index (χ4v) is 6.11. The number of hydrogen-bond donors (Lipinski definition) is 2. The van der Waals surface area contributed by atoms with Crippen LogP contribution in [0.4, 0.5) is 13.2 Å². The van der Waals surface area contributed by atoms with E-state index in [1.165, 1.54) is 4.90 Å². The van der Waals surface area contributed by atoms with Crippen molar-refractivity contribution in [2.75, 3.05) is 6.61 Å². The van der Waals surface area contributed by atoms with E-state index in [9.17, 15) is 27.6 Å². The largest absolute Gasteiger partial charge is 0.391 e. The molecule has 1 unspecified atom stereocenters. The number of rotatable bonds is 5. The maximum Gasteiger partial charge on any atom is 0.391 e. The molecular formula is C26H32F3N3O4. The average Bonchev–Trinajstić information content (AvgIpc) is 3.15. The van der Waals surface area contributed by atoms with E-state index in [2.05, 4.69) is 10.6 Å². The van der Waals surface area contributed by atoms with E-state index < -0.39 is 24.0 Å². The Hall–Kier alpha value is -2.46. The number of halogens is 3. The quantitative estimate of drug-likeness (QED) is 0.598. The number of carbonyl (C=O) groups is 3. The van der Waals surface area contributed by atoms with E-state index in [1.807, 2.05) is 12.1 Å². The van der Waals surface area contributed by atoms with Gasteiger partial charge in [0.25, 0.3) is 5.91 Å². The molecule has 3 atom stereocenters. The Morgan fingerprint density at radius 3 is 2.56 bits per heavy atom. The molecule has 1 saturated carbocycles. The van der Waals surface area contributed by atoms with Crippen LogP contribution < -0.4 is 10.6 Å². The highest BCUT2D eigenvalue weighted by atomic mass is 19.4.